The fourth-order valence-electron chi connectivity index (χ4n) is 1.76. The molecule has 0 unspecified atom stereocenters. The molecular formula is C14H20F3NOS. The van der Waals surface area contributed by atoms with Crippen LogP contribution in [0.4, 0.5) is 13.2 Å². The molecule has 20 heavy (non-hydrogen) atoms. The van der Waals surface area contributed by atoms with E-state index in [1.54, 1.807) is 10.8 Å². The standard InChI is InChI=1S/C14H20F3NOS/c1-12(2,3)9-7-20(8-10(9)13(4,5)6)18-11(19)14(15,16)17/h7-8H,1-6H3. The van der Waals surface area contributed by atoms with Crippen molar-refractivity contribution in [1.82, 2.24) is 0 Å². The largest absolute Gasteiger partial charge is 0.474 e. The van der Waals surface area contributed by atoms with Gasteiger partial charge in [-0.15, -0.1) is 0 Å². The highest BCUT2D eigenvalue weighted by Gasteiger charge is 2.39. The molecule has 0 saturated carbocycles. The minimum atomic E-state index is -4.90. The van der Waals surface area contributed by atoms with Gasteiger partial charge in [0.15, 0.2) is 0 Å². The number of hydrogen-bond donors (Lipinski definition) is 0. The summed E-state index contributed by atoms with van der Waals surface area (Å²) in [6.07, 6.45) is -4.90. The van der Waals surface area contributed by atoms with E-state index in [1.807, 2.05) is 41.5 Å². The second kappa shape index (κ2) is 5.13. The van der Waals surface area contributed by atoms with Crippen LogP contribution in [0.5, 0.6) is 0 Å². The lowest BCUT2D eigenvalue weighted by Crippen LogP contribution is -2.20. The molecule has 1 rings (SSSR count). The van der Waals surface area contributed by atoms with Gasteiger partial charge in [0.2, 0.25) is 0 Å². The summed E-state index contributed by atoms with van der Waals surface area (Å²) in [6, 6.07) is 0. The molecular weight excluding hydrogens is 287 g/mol. The van der Waals surface area contributed by atoms with Crippen molar-refractivity contribution in [3.63, 3.8) is 0 Å². The van der Waals surface area contributed by atoms with Crippen LogP contribution in [0.15, 0.2) is 26.3 Å². The van der Waals surface area contributed by atoms with Crippen LogP contribution in [-0.4, -0.2) is 12.1 Å². The first-order valence-corrected chi connectivity index (χ1v) is 7.53. The fraction of sp³-hybridized carbons (Fsp3) is 0.643. The van der Waals surface area contributed by atoms with Gasteiger partial charge < -0.3 is 0 Å². The van der Waals surface area contributed by atoms with Gasteiger partial charge in [-0.2, -0.15) is 17.5 Å². The Morgan fingerprint density at radius 2 is 1.30 bits per heavy atom. The summed E-state index contributed by atoms with van der Waals surface area (Å²) in [5, 5.41) is 3.37. The molecule has 0 bridgehead atoms. The van der Waals surface area contributed by atoms with Crippen LogP contribution in [0.25, 0.3) is 0 Å². The smallest absolute Gasteiger partial charge is 0.261 e. The van der Waals surface area contributed by atoms with Crippen molar-refractivity contribution in [3.8, 4) is 0 Å². The number of carbonyl (C=O) groups is 1. The summed E-state index contributed by atoms with van der Waals surface area (Å²) in [4.78, 5) is 11.0. The first-order valence-electron chi connectivity index (χ1n) is 6.23. The Bertz CT molecular complexity index is 482. The Hall–Kier alpha value is -0.910. The lowest BCUT2D eigenvalue weighted by Gasteiger charge is -2.30. The van der Waals surface area contributed by atoms with Gasteiger partial charge in [0.05, 0.1) is 0 Å². The molecule has 6 heteroatoms. The third-order valence-electron chi connectivity index (χ3n) is 2.81. The van der Waals surface area contributed by atoms with E-state index >= 15 is 0 Å². The van der Waals surface area contributed by atoms with E-state index < -0.39 is 22.8 Å². The third-order valence-corrected chi connectivity index (χ3v) is 4.15. The topological polar surface area (TPSA) is 29.4 Å². The Morgan fingerprint density at radius 1 is 0.950 bits per heavy atom. The van der Waals surface area contributed by atoms with Crippen LogP contribution in [0, 0.1) is 10.8 Å². The minimum Gasteiger partial charge on any atom is -0.261 e. The van der Waals surface area contributed by atoms with Crippen molar-refractivity contribution in [1.29, 1.82) is 0 Å². The van der Waals surface area contributed by atoms with Crippen LogP contribution in [0.2, 0.25) is 0 Å². The molecule has 1 heterocycles. The maximum Gasteiger partial charge on any atom is 0.474 e. The Balaban J connectivity index is 3.29. The second-order valence-corrected chi connectivity index (χ2v) is 8.15. The molecule has 1 amide bonds. The molecule has 0 N–H and O–H groups in total. The number of halogens is 3. The zero-order chi connectivity index (χ0) is 15.9. The van der Waals surface area contributed by atoms with Crippen LogP contribution < -0.4 is 0 Å². The summed E-state index contributed by atoms with van der Waals surface area (Å²) < 4.78 is 40.1. The summed E-state index contributed by atoms with van der Waals surface area (Å²) >= 11 is 0. The van der Waals surface area contributed by atoms with Gasteiger partial charge in [0.25, 0.3) is 0 Å². The van der Waals surface area contributed by atoms with E-state index in [4.69, 9.17) is 0 Å². The van der Waals surface area contributed by atoms with Crippen molar-refractivity contribution < 1.29 is 18.0 Å². The highest BCUT2D eigenvalue weighted by atomic mass is 32.2. The monoisotopic (exact) mass is 307 g/mol. The van der Waals surface area contributed by atoms with Crippen LogP contribution in [0.3, 0.4) is 0 Å². The van der Waals surface area contributed by atoms with Crippen LogP contribution in [0.1, 0.15) is 41.5 Å². The van der Waals surface area contributed by atoms with Crippen LogP contribution >= 0.6 is 0 Å². The van der Waals surface area contributed by atoms with E-state index in [0.29, 0.717) is 0 Å². The van der Waals surface area contributed by atoms with Crippen molar-refractivity contribution in [2.75, 3.05) is 0 Å². The van der Waals surface area contributed by atoms with Gasteiger partial charge in [0.1, 0.15) is 0 Å². The molecule has 1 aliphatic rings. The molecule has 0 fully saturated rings. The number of allylic oxidation sites excluding steroid dienone is 2. The quantitative estimate of drug-likeness (QED) is 0.635. The summed E-state index contributed by atoms with van der Waals surface area (Å²) in [6.45, 7) is 12.0. The van der Waals surface area contributed by atoms with E-state index in [1.165, 1.54) is 0 Å². The molecule has 0 aromatic rings. The SMILES string of the molecule is CC(C)(C)C1=CS(=NC(=O)C(F)(F)F)C=C1C(C)(C)C. The van der Waals surface area contributed by atoms with Gasteiger partial charge in [-0.1, -0.05) is 41.5 Å². The van der Waals surface area contributed by atoms with Gasteiger partial charge in [-0.25, -0.2) is 0 Å². The number of rotatable bonds is 0. The summed E-state index contributed by atoms with van der Waals surface area (Å²) in [5.41, 5.74) is 1.54. The summed E-state index contributed by atoms with van der Waals surface area (Å²) in [5.74, 6) is -2.02. The molecule has 2 nitrogen and oxygen atoms in total. The Labute approximate surface area is 120 Å². The van der Waals surface area contributed by atoms with E-state index in [2.05, 4.69) is 4.36 Å². The molecule has 0 aromatic heterocycles. The van der Waals surface area contributed by atoms with E-state index in [0.717, 1.165) is 11.1 Å². The highest BCUT2D eigenvalue weighted by molar-refractivity contribution is 7.93. The van der Waals surface area contributed by atoms with Gasteiger partial charge in [0, 0.05) is 0 Å². The van der Waals surface area contributed by atoms with E-state index in [-0.39, 0.29) is 10.8 Å². The van der Waals surface area contributed by atoms with Crippen molar-refractivity contribution >= 4 is 16.6 Å². The van der Waals surface area contributed by atoms with Crippen LogP contribution in [-0.2, 0) is 15.5 Å². The lowest BCUT2D eigenvalue weighted by atomic mass is 9.74. The normalized spacial score (nSPS) is 17.9. The first-order chi connectivity index (χ1) is 8.73. The predicted molar refractivity (Wildman–Crippen MR) is 75.9 cm³/mol. The van der Waals surface area contributed by atoms with Gasteiger partial charge >= 0.3 is 12.1 Å². The molecule has 1 aliphatic heterocycles. The molecule has 0 atom stereocenters. The molecule has 0 aromatic carbocycles. The van der Waals surface area contributed by atoms with E-state index in [9.17, 15) is 18.0 Å². The summed E-state index contributed by atoms with van der Waals surface area (Å²) in [7, 11) is -1.13. The number of amides is 1. The molecule has 0 radical (unpaired) electrons. The number of nitrogens with zero attached hydrogens (tertiary/aromatic N) is 1. The number of alkyl halides is 3. The third kappa shape index (κ3) is 4.04. The Morgan fingerprint density at radius 3 is 1.55 bits per heavy atom. The zero-order valence-electron chi connectivity index (χ0n) is 12.6. The first kappa shape index (κ1) is 17.1. The van der Waals surface area contributed by atoms with Crippen molar-refractivity contribution in [2.24, 2.45) is 15.2 Å². The van der Waals surface area contributed by atoms with Gasteiger partial charge in [-0.3, -0.25) is 4.79 Å². The molecule has 0 aliphatic carbocycles. The van der Waals surface area contributed by atoms with Crippen molar-refractivity contribution in [2.45, 2.75) is 47.7 Å². The maximum absolute atomic E-state index is 12.3. The Kier molecular flexibility index (Phi) is 4.40. The minimum absolute atomic E-state index is 0.197. The maximum atomic E-state index is 12.3. The number of hydrogen-bond acceptors (Lipinski definition) is 1. The number of carbonyl (C=O) groups excluding carboxylic acids is 1. The zero-order valence-corrected chi connectivity index (χ0v) is 13.4. The second-order valence-electron chi connectivity index (χ2n) is 6.80. The van der Waals surface area contributed by atoms with Crippen molar-refractivity contribution in [3.05, 3.63) is 22.0 Å². The molecule has 0 saturated heterocycles. The predicted octanol–water partition coefficient (Wildman–Crippen LogP) is 4.75. The molecule has 0 spiro atoms. The highest BCUT2D eigenvalue weighted by Crippen LogP contribution is 2.44. The average molecular weight is 307 g/mol. The molecule has 114 valence electrons. The lowest BCUT2D eigenvalue weighted by molar-refractivity contribution is -0.169. The average Bonchev–Trinajstić information content (AvgIpc) is 2.58. The fourth-order valence-corrected chi connectivity index (χ4v) is 3.68. The van der Waals surface area contributed by atoms with Gasteiger partial charge in [-0.05, 0) is 43.5 Å².